The van der Waals surface area contributed by atoms with Crippen LogP contribution in [0, 0.1) is 6.92 Å². The first-order valence-corrected chi connectivity index (χ1v) is 7.37. The van der Waals surface area contributed by atoms with Gasteiger partial charge in [-0.15, -0.1) is 5.10 Å². The summed E-state index contributed by atoms with van der Waals surface area (Å²) < 4.78 is 1.88. The van der Waals surface area contributed by atoms with E-state index in [9.17, 15) is 4.79 Å². The Balaban J connectivity index is 1.71. The third-order valence-corrected chi connectivity index (χ3v) is 4.28. The molecule has 1 aromatic heterocycles. The molecule has 1 aliphatic carbocycles. The molecule has 0 aliphatic heterocycles. The molecule has 0 atom stereocenters. The lowest BCUT2D eigenvalue weighted by atomic mass is 10.1. The summed E-state index contributed by atoms with van der Waals surface area (Å²) in [5.41, 5.74) is 2.40. The first kappa shape index (κ1) is 13.1. The number of tetrazole rings is 1. The van der Waals surface area contributed by atoms with E-state index >= 15 is 0 Å². The molecule has 3 rings (SSSR count). The summed E-state index contributed by atoms with van der Waals surface area (Å²) >= 11 is 1.58. The Hall–Kier alpha value is -1.89. The summed E-state index contributed by atoms with van der Waals surface area (Å²) in [5, 5.41) is 21.5. The predicted molar refractivity (Wildman–Crippen MR) is 73.8 cm³/mol. The molecule has 1 saturated carbocycles. The van der Waals surface area contributed by atoms with Crippen LogP contribution < -0.4 is 0 Å². The van der Waals surface area contributed by atoms with Crippen molar-refractivity contribution in [2.75, 3.05) is 0 Å². The number of rotatable bonds is 5. The number of benzene rings is 1. The summed E-state index contributed by atoms with van der Waals surface area (Å²) in [4.78, 5) is 10.9. The molecular formula is C13H14N4O2S. The molecule has 0 spiro atoms. The monoisotopic (exact) mass is 290 g/mol. The van der Waals surface area contributed by atoms with Crippen LogP contribution in [0.1, 0.15) is 40.4 Å². The maximum absolute atomic E-state index is 10.9. The zero-order chi connectivity index (χ0) is 14.1. The van der Waals surface area contributed by atoms with Crippen molar-refractivity contribution in [1.29, 1.82) is 0 Å². The van der Waals surface area contributed by atoms with E-state index in [2.05, 4.69) is 15.5 Å². The van der Waals surface area contributed by atoms with Crippen molar-refractivity contribution in [2.24, 2.45) is 0 Å². The Kier molecular flexibility index (Phi) is 3.43. The van der Waals surface area contributed by atoms with Crippen LogP contribution in [-0.2, 0) is 5.75 Å². The first-order valence-electron chi connectivity index (χ1n) is 6.38. The van der Waals surface area contributed by atoms with Crippen LogP contribution in [0.4, 0.5) is 0 Å². The van der Waals surface area contributed by atoms with Gasteiger partial charge in [0.1, 0.15) is 0 Å². The van der Waals surface area contributed by atoms with Gasteiger partial charge in [-0.3, -0.25) is 0 Å². The fourth-order valence-corrected chi connectivity index (χ4v) is 2.98. The van der Waals surface area contributed by atoms with Gasteiger partial charge in [-0.25, -0.2) is 9.48 Å². The zero-order valence-electron chi connectivity index (χ0n) is 11.0. The second kappa shape index (κ2) is 5.24. The summed E-state index contributed by atoms with van der Waals surface area (Å²) in [5.74, 6) is -0.163. The molecule has 0 saturated heterocycles. The molecule has 1 N–H and O–H groups in total. The highest BCUT2D eigenvalue weighted by atomic mass is 32.2. The van der Waals surface area contributed by atoms with E-state index in [1.165, 1.54) is 0 Å². The molecule has 1 heterocycles. The van der Waals surface area contributed by atoms with Crippen LogP contribution in [0.2, 0.25) is 0 Å². The van der Waals surface area contributed by atoms with Crippen LogP contribution in [0.15, 0.2) is 23.4 Å². The van der Waals surface area contributed by atoms with Crippen molar-refractivity contribution in [3.8, 4) is 0 Å². The van der Waals surface area contributed by atoms with Crippen LogP contribution in [-0.4, -0.2) is 31.3 Å². The average Bonchev–Trinajstić information content (AvgIpc) is 3.16. The van der Waals surface area contributed by atoms with Gasteiger partial charge in [0.15, 0.2) is 0 Å². The van der Waals surface area contributed by atoms with E-state index in [-0.39, 0.29) is 0 Å². The number of nitrogens with zero attached hydrogens (tertiary/aromatic N) is 4. The number of carboxylic acids is 1. The molecule has 0 unspecified atom stereocenters. The molecule has 6 nitrogen and oxygen atoms in total. The Morgan fingerprint density at radius 3 is 2.95 bits per heavy atom. The minimum absolute atomic E-state index is 0.319. The Morgan fingerprint density at radius 2 is 2.30 bits per heavy atom. The molecule has 20 heavy (non-hydrogen) atoms. The highest BCUT2D eigenvalue weighted by Gasteiger charge is 2.27. The summed E-state index contributed by atoms with van der Waals surface area (Å²) in [6.07, 6.45) is 2.29. The third kappa shape index (κ3) is 2.67. The zero-order valence-corrected chi connectivity index (χ0v) is 11.8. The van der Waals surface area contributed by atoms with Gasteiger partial charge in [0, 0.05) is 5.75 Å². The Morgan fingerprint density at radius 1 is 1.50 bits per heavy atom. The van der Waals surface area contributed by atoms with E-state index in [0.717, 1.165) is 34.9 Å². The molecule has 1 aliphatic rings. The smallest absolute Gasteiger partial charge is 0.335 e. The number of thioether (sulfide) groups is 1. The van der Waals surface area contributed by atoms with Gasteiger partial charge >= 0.3 is 5.97 Å². The fourth-order valence-electron chi connectivity index (χ4n) is 1.96. The number of hydrogen-bond donors (Lipinski definition) is 1. The third-order valence-electron chi connectivity index (χ3n) is 3.30. The Labute approximate surface area is 120 Å². The second-order valence-corrected chi connectivity index (χ2v) is 5.81. The number of aromatic carboxylic acids is 1. The van der Waals surface area contributed by atoms with E-state index in [1.807, 2.05) is 17.7 Å². The maximum atomic E-state index is 10.9. The Bertz CT molecular complexity index is 652. The summed E-state index contributed by atoms with van der Waals surface area (Å²) in [6.45, 7) is 1.92. The van der Waals surface area contributed by atoms with Gasteiger partial charge in [0.25, 0.3) is 0 Å². The van der Waals surface area contributed by atoms with Crippen molar-refractivity contribution in [2.45, 2.75) is 36.7 Å². The maximum Gasteiger partial charge on any atom is 0.335 e. The van der Waals surface area contributed by atoms with Crippen LogP contribution in [0.3, 0.4) is 0 Å². The van der Waals surface area contributed by atoms with Gasteiger partial charge in [-0.2, -0.15) is 0 Å². The minimum atomic E-state index is -0.898. The lowest BCUT2D eigenvalue weighted by Gasteiger charge is -2.06. The van der Waals surface area contributed by atoms with Gasteiger partial charge in [-0.05, 0) is 53.5 Å². The molecule has 1 aromatic carbocycles. The summed E-state index contributed by atoms with van der Waals surface area (Å²) in [7, 11) is 0. The predicted octanol–water partition coefficient (Wildman–Crippen LogP) is 2.31. The molecule has 2 aromatic rings. The number of hydrogen-bond acceptors (Lipinski definition) is 5. The number of aromatic nitrogens is 4. The highest BCUT2D eigenvalue weighted by Crippen LogP contribution is 2.37. The fraction of sp³-hybridized carbons (Fsp3) is 0.385. The lowest BCUT2D eigenvalue weighted by molar-refractivity contribution is 0.0697. The molecule has 0 radical (unpaired) electrons. The van der Waals surface area contributed by atoms with E-state index < -0.39 is 5.97 Å². The SMILES string of the molecule is Cc1cc(C(=O)O)ccc1CSc1nnnn1C1CC1. The van der Waals surface area contributed by atoms with Gasteiger partial charge in [0.2, 0.25) is 5.16 Å². The van der Waals surface area contributed by atoms with Gasteiger partial charge in [-0.1, -0.05) is 17.8 Å². The van der Waals surface area contributed by atoms with Crippen LogP contribution >= 0.6 is 11.8 Å². The molecule has 0 amide bonds. The second-order valence-electron chi connectivity index (χ2n) is 4.87. The van der Waals surface area contributed by atoms with E-state index in [1.54, 1.807) is 23.9 Å². The number of carbonyl (C=O) groups is 1. The lowest BCUT2D eigenvalue weighted by Crippen LogP contribution is -2.00. The highest BCUT2D eigenvalue weighted by molar-refractivity contribution is 7.98. The molecular weight excluding hydrogens is 276 g/mol. The quantitative estimate of drug-likeness (QED) is 0.851. The van der Waals surface area contributed by atoms with Crippen molar-refractivity contribution in [3.63, 3.8) is 0 Å². The molecule has 1 fully saturated rings. The van der Waals surface area contributed by atoms with Crippen LogP contribution in [0.5, 0.6) is 0 Å². The van der Waals surface area contributed by atoms with E-state index in [4.69, 9.17) is 5.11 Å². The van der Waals surface area contributed by atoms with Gasteiger partial charge in [0.05, 0.1) is 11.6 Å². The van der Waals surface area contributed by atoms with Crippen molar-refractivity contribution in [1.82, 2.24) is 20.2 Å². The number of carboxylic acid groups (broad SMARTS) is 1. The van der Waals surface area contributed by atoms with Crippen molar-refractivity contribution >= 4 is 17.7 Å². The normalized spacial score (nSPS) is 14.4. The largest absolute Gasteiger partial charge is 0.478 e. The number of aryl methyl sites for hydroxylation is 1. The molecule has 104 valence electrons. The topological polar surface area (TPSA) is 80.9 Å². The minimum Gasteiger partial charge on any atom is -0.478 e. The standard InChI is InChI=1S/C13H14N4O2S/c1-8-6-9(12(18)19)2-3-10(8)7-20-13-14-15-16-17(13)11-4-5-11/h2-3,6,11H,4-5,7H2,1H3,(H,18,19). The molecule has 0 bridgehead atoms. The van der Waals surface area contributed by atoms with Gasteiger partial charge < -0.3 is 5.11 Å². The molecule has 7 heteroatoms. The summed E-state index contributed by atoms with van der Waals surface area (Å²) in [6, 6.07) is 5.65. The average molecular weight is 290 g/mol. The first-order chi connectivity index (χ1) is 9.65. The van der Waals surface area contributed by atoms with Crippen LogP contribution in [0.25, 0.3) is 0 Å². The van der Waals surface area contributed by atoms with Crippen molar-refractivity contribution in [3.05, 3.63) is 34.9 Å². The van der Waals surface area contributed by atoms with Crippen molar-refractivity contribution < 1.29 is 9.90 Å². The van der Waals surface area contributed by atoms with E-state index in [0.29, 0.717) is 11.6 Å².